The van der Waals surface area contributed by atoms with Gasteiger partial charge in [0, 0.05) is 31.0 Å². The summed E-state index contributed by atoms with van der Waals surface area (Å²) < 4.78 is 10.6. The van der Waals surface area contributed by atoms with E-state index in [2.05, 4.69) is 21.6 Å². The Labute approximate surface area is 154 Å². The molecule has 2 amide bonds. The quantitative estimate of drug-likeness (QED) is 0.865. The number of hydrogen-bond donors (Lipinski definition) is 2. The number of nitrogens with one attached hydrogen (secondary N) is 2. The van der Waals surface area contributed by atoms with Crippen LogP contribution in [0.2, 0.25) is 0 Å². The topological polar surface area (TPSA) is 62.8 Å². The SMILES string of the molecule is COc1cccc(CNC(=O)Nc2ccc(N3CCOCC3)cc2C)c1. The molecule has 3 rings (SSSR count). The number of morpholine rings is 1. The van der Waals surface area contributed by atoms with E-state index in [4.69, 9.17) is 9.47 Å². The summed E-state index contributed by atoms with van der Waals surface area (Å²) in [6, 6.07) is 13.5. The van der Waals surface area contributed by atoms with Gasteiger partial charge in [-0.15, -0.1) is 0 Å². The molecule has 1 aliphatic rings. The van der Waals surface area contributed by atoms with Gasteiger partial charge in [-0.25, -0.2) is 4.79 Å². The number of ether oxygens (including phenoxy) is 2. The molecule has 0 saturated carbocycles. The van der Waals surface area contributed by atoms with E-state index >= 15 is 0 Å². The van der Waals surface area contributed by atoms with Crippen molar-refractivity contribution in [2.24, 2.45) is 0 Å². The average molecular weight is 355 g/mol. The van der Waals surface area contributed by atoms with E-state index in [0.29, 0.717) is 6.54 Å². The second kappa shape index (κ2) is 8.58. The van der Waals surface area contributed by atoms with Gasteiger partial charge in [-0.3, -0.25) is 0 Å². The summed E-state index contributed by atoms with van der Waals surface area (Å²) in [5, 5.41) is 5.79. The lowest BCUT2D eigenvalue weighted by Crippen LogP contribution is -2.36. The van der Waals surface area contributed by atoms with E-state index in [1.54, 1.807) is 7.11 Å². The second-order valence-electron chi connectivity index (χ2n) is 6.26. The Morgan fingerprint density at radius 1 is 1.19 bits per heavy atom. The third-order valence-electron chi connectivity index (χ3n) is 4.42. The summed E-state index contributed by atoms with van der Waals surface area (Å²) in [7, 11) is 1.63. The van der Waals surface area contributed by atoms with Crippen molar-refractivity contribution in [3.8, 4) is 5.75 Å². The minimum absolute atomic E-state index is 0.227. The molecule has 1 fully saturated rings. The molecule has 138 valence electrons. The van der Waals surface area contributed by atoms with Crippen LogP contribution in [-0.4, -0.2) is 39.4 Å². The molecule has 6 nitrogen and oxygen atoms in total. The highest BCUT2D eigenvalue weighted by molar-refractivity contribution is 5.90. The highest BCUT2D eigenvalue weighted by Gasteiger charge is 2.12. The Hall–Kier alpha value is -2.73. The van der Waals surface area contributed by atoms with Crippen LogP contribution >= 0.6 is 0 Å². The van der Waals surface area contributed by atoms with E-state index in [1.165, 1.54) is 0 Å². The van der Waals surface area contributed by atoms with Crippen molar-refractivity contribution in [3.63, 3.8) is 0 Å². The third kappa shape index (κ3) is 4.67. The Bertz CT molecular complexity index is 758. The molecule has 0 bridgehead atoms. The van der Waals surface area contributed by atoms with E-state index in [0.717, 1.165) is 54.6 Å². The number of urea groups is 1. The number of amides is 2. The molecule has 6 heteroatoms. The first-order valence-electron chi connectivity index (χ1n) is 8.77. The molecule has 0 aliphatic carbocycles. The zero-order valence-electron chi connectivity index (χ0n) is 15.2. The maximum absolute atomic E-state index is 12.2. The van der Waals surface area contributed by atoms with Crippen LogP contribution in [0.1, 0.15) is 11.1 Å². The summed E-state index contributed by atoms with van der Waals surface area (Å²) in [6.07, 6.45) is 0. The van der Waals surface area contributed by atoms with Gasteiger partial charge in [-0.1, -0.05) is 12.1 Å². The van der Waals surface area contributed by atoms with Crippen molar-refractivity contribution in [2.75, 3.05) is 43.6 Å². The number of anilines is 2. The fraction of sp³-hybridized carbons (Fsp3) is 0.350. The van der Waals surface area contributed by atoms with Crippen molar-refractivity contribution in [1.82, 2.24) is 5.32 Å². The number of hydrogen-bond acceptors (Lipinski definition) is 4. The molecule has 1 aliphatic heterocycles. The smallest absolute Gasteiger partial charge is 0.319 e. The molecule has 0 spiro atoms. The van der Waals surface area contributed by atoms with Crippen molar-refractivity contribution < 1.29 is 14.3 Å². The van der Waals surface area contributed by atoms with Gasteiger partial charge in [0.15, 0.2) is 0 Å². The van der Waals surface area contributed by atoms with Crippen LogP contribution in [0.4, 0.5) is 16.2 Å². The van der Waals surface area contributed by atoms with Gasteiger partial charge in [0.1, 0.15) is 5.75 Å². The number of benzene rings is 2. The molecule has 0 aromatic heterocycles. The van der Waals surface area contributed by atoms with Gasteiger partial charge in [-0.05, 0) is 48.4 Å². The average Bonchev–Trinajstić information content (AvgIpc) is 2.69. The van der Waals surface area contributed by atoms with Gasteiger partial charge < -0.3 is 25.0 Å². The fourth-order valence-electron chi connectivity index (χ4n) is 2.94. The molecule has 1 heterocycles. The van der Waals surface area contributed by atoms with E-state index < -0.39 is 0 Å². The van der Waals surface area contributed by atoms with Gasteiger partial charge in [0.2, 0.25) is 0 Å². The molecule has 2 N–H and O–H groups in total. The number of nitrogens with zero attached hydrogens (tertiary/aromatic N) is 1. The van der Waals surface area contributed by atoms with E-state index in [1.807, 2.05) is 43.3 Å². The lowest BCUT2D eigenvalue weighted by Gasteiger charge is -2.29. The van der Waals surface area contributed by atoms with Crippen molar-refractivity contribution in [1.29, 1.82) is 0 Å². The van der Waals surface area contributed by atoms with Crippen LogP contribution in [0.5, 0.6) is 5.75 Å². The maximum atomic E-state index is 12.2. The summed E-state index contributed by atoms with van der Waals surface area (Å²) >= 11 is 0. The summed E-state index contributed by atoms with van der Waals surface area (Å²) in [4.78, 5) is 14.5. The van der Waals surface area contributed by atoms with Crippen molar-refractivity contribution in [2.45, 2.75) is 13.5 Å². The molecule has 1 saturated heterocycles. The molecular formula is C20H25N3O3. The number of aryl methyl sites for hydroxylation is 1. The Morgan fingerprint density at radius 2 is 2.00 bits per heavy atom. The van der Waals surface area contributed by atoms with Crippen LogP contribution in [0, 0.1) is 6.92 Å². The highest BCUT2D eigenvalue weighted by Crippen LogP contribution is 2.23. The molecule has 0 atom stereocenters. The minimum atomic E-state index is -0.227. The summed E-state index contributed by atoms with van der Waals surface area (Å²) in [5.74, 6) is 0.777. The normalized spacial score (nSPS) is 14.0. The second-order valence-corrected chi connectivity index (χ2v) is 6.26. The zero-order valence-corrected chi connectivity index (χ0v) is 15.2. The first-order valence-corrected chi connectivity index (χ1v) is 8.77. The number of rotatable bonds is 5. The van der Waals surface area contributed by atoms with Crippen LogP contribution in [0.15, 0.2) is 42.5 Å². The highest BCUT2D eigenvalue weighted by atomic mass is 16.5. The maximum Gasteiger partial charge on any atom is 0.319 e. The molecule has 0 radical (unpaired) electrons. The minimum Gasteiger partial charge on any atom is -0.497 e. The first-order chi connectivity index (χ1) is 12.7. The summed E-state index contributed by atoms with van der Waals surface area (Å²) in [6.45, 7) is 5.74. The van der Waals surface area contributed by atoms with Gasteiger partial charge in [0.05, 0.1) is 20.3 Å². The van der Waals surface area contributed by atoms with Crippen molar-refractivity contribution >= 4 is 17.4 Å². The lowest BCUT2D eigenvalue weighted by atomic mass is 10.1. The predicted molar refractivity (Wildman–Crippen MR) is 103 cm³/mol. The Kier molecular flexibility index (Phi) is 5.96. The lowest BCUT2D eigenvalue weighted by molar-refractivity contribution is 0.122. The molecule has 26 heavy (non-hydrogen) atoms. The Morgan fingerprint density at radius 3 is 2.73 bits per heavy atom. The van der Waals surface area contributed by atoms with Gasteiger partial charge >= 0.3 is 6.03 Å². The fourth-order valence-corrected chi connectivity index (χ4v) is 2.94. The van der Waals surface area contributed by atoms with Crippen LogP contribution < -0.4 is 20.3 Å². The van der Waals surface area contributed by atoms with Crippen LogP contribution in [-0.2, 0) is 11.3 Å². The molecular weight excluding hydrogens is 330 g/mol. The summed E-state index contributed by atoms with van der Waals surface area (Å²) in [5.41, 5.74) is 3.99. The number of methoxy groups -OCH3 is 1. The zero-order chi connectivity index (χ0) is 18.4. The molecule has 2 aromatic rings. The monoisotopic (exact) mass is 355 g/mol. The molecule has 0 unspecified atom stereocenters. The van der Waals surface area contributed by atoms with E-state index in [-0.39, 0.29) is 6.03 Å². The first kappa shape index (κ1) is 18.1. The predicted octanol–water partition coefficient (Wildman–Crippen LogP) is 3.16. The molecule has 2 aromatic carbocycles. The third-order valence-corrected chi connectivity index (χ3v) is 4.42. The Balaban J connectivity index is 1.56. The van der Waals surface area contributed by atoms with Gasteiger partial charge in [0.25, 0.3) is 0 Å². The van der Waals surface area contributed by atoms with E-state index in [9.17, 15) is 4.79 Å². The van der Waals surface area contributed by atoms with Gasteiger partial charge in [-0.2, -0.15) is 0 Å². The van der Waals surface area contributed by atoms with Crippen LogP contribution in [0.25, 0.3) is 0 Å². The largest absolute Gasteiger partial charge is 0.497 e. The van der Waals surface area contributed by atoms with Crippen LogP contribution in [0.3, 0.4) is 0 Å². The van der Waals surface area contributed by atoms with Crippen molar-refractivity contribution in [3.05, 3.63) is 53.6 Å². The number of carbonyl (C=O) groups is 1. The number of carbonyl (C=O) groups excluding carboxylic acids is 1. The standard InChI is InChI=1S/C20H25N3O3/c1-15-12-17(23-8-10-26-11-9-23)6-7-19(15)22-20(24)21-14-16-4-3-5-18(13-16)25-2/h3-7,12-13H,8-11,14H2,1-2H3,(H2,21,22,24).